The molecule has 0 radical (unpaired) electrons. The zero-order valence-corrected chi connectivity index (χ0v) is 27.3. The predicted octanol–water partition coefficient (Wildman–Crippen LogP) is 6.89. The SMILES string of the molecule is c1ccc2c(c1)ncn1cc(CCc3cc(CCc4cn5cnc6ccccc6c5n4)n(CCc4cn5cnc6ccccc6c5n4)c3)nc21. The van der Waals surface area contributed by atoms with Crippen LogP contribution in [0.15, 0.2) is 123 Å². The van der Waals surface area contributed by atoms with Crippen LogP contribution in [0.3, 0.4) is 0 Å². The molecule has 10 rings (SSSR count). The molecule has 50 heavy (non-hydrogen) atoms. The minimum atomic E-state index is 0.815. The van der Waals surface area contributed by atoms with Crippen molar-refractivity contribution in [3.8, 4) is 0 Å². The summed E-state index contributed by atoms with van der Waals surface area (Å²) >= 11 is 0. The molecule has 0 saturated carbocycles. The van der Waals surface area contributed by atoms with Gasteiger partial charge >= 0.3 is 0 Å². The van der Waals surface area contributed by atoms with E-state index in [2.05, 4.69) is 68.6 Å². The summed E-state index contributed by atoms with van der Waals surface area (Å²) in [5.74, 6) is 0. The van der Waals surface area contributed by atoms with E-state index in [0.29, 0.717) is 0 Å². The summed E-state index contributed by atoms with van der Waals surface area (Å²) in [5, 5.41) is 3.20. The van der Waals surface area contributed by atoms with Crippen LogP contribution >= 0.6 is 0 Å². The number of hydrogen-bond acceptors (Lipinski definition) is 6. The summed E-state index contributed by atoms with van der Waals surface area (Å²) in [4.78, 5) is 28.9. The van der Waals surface area contributed by atoms with Gasteiger partial charge in [0.25, 0.3) is 0 Å². The Bertz CT molecular complexity index is 2720. The maximum atomic E-state index is 5.03. The van der Waals surface area contributed by atoms with E-state index in [1.165, 1.54) is 11.3 Å². The topological polar surface area (TPSA) is 95.5 Å². The van der Waals surface area contributed by atoms with Gasteiger partial charge in [-0.25, -0.2) is 29.9 Å². The van der Waals surface area contributed by atoms with Gasteiger partial charge < -0.3 is 4.57 Å². The van der Waals surface area contributed by atoms with Crippen LogP contribution in [-0.4, -0.2) is 47.7 Å². The quantitative estimate of drug-likeness (QED) is 0.169. The van der Waals surface area contributed by atoms with E-state index in [4.69, 9.17) is 15.0 Å². The molecule has 3 aromatic carbocycles. The lowest BCUT2D eigenvalue weighted by atomic mass is 10.1. The average Bonchev–Trinajstić information content (AvgIpc) is 3.96. The van der Waals surface area contributed by atoms with E-state index in [0.717, 1.165) is 105 Å². The van der Waals surface area contributed by atoms with Crippen LogP contribution in [0.4, 0.5) is 0 Å². The summed E-state index contributed by atoms with van der Waals surface area (Å²) in [6, 6.07) is 26.9. The molecule has 0 aliphatic carbocycles. The minimum absolute atomic E-state index is 0.815. The predicted molar refractivity (Wildman–Crippen MR) is 194 cm³/mol. The van der Waals surface area contributed by atoms with Gasteiger partial charge in [-0.2, -0.15) is 0 Å². The summed E-state index contributed by atoms with van der Waals surface area (Å²) < 4.78 is 8.52. The molecule has 0 amide bonds. The first-order valence-electron chi connectivity index (χ1n) is 17.0. The number of fused-ring (bicyclic) bond motifs is 9. The van der Waals surface area contributed by atoms with Crippen molar-refractivity contribution in [3.05, 3.63) is 151 Å². The van der Waals surface area contributed by atoms with Gasteiger partial charge in [-0.05, 0) is 73.7 Å². The van der Waals surface area contributed by atoms with E-state index < -0.39 is 0 Å². The van der Waals surface area contributed by atoms with Crippen LogP contribution < -0.4 is 0 Å². The van der Waals surface area contributed by atoms with Crippen molar-refractivity contribution in [2.75, 3.05) is 0 Å². The molecule has 0 bridgehead atoms. The monoisotopic (exact) mass is 652 g/mol. The molecule has 0 spiro atoms. The molecular formula is C40H32N10. The van der Waals surface area contributed by atoms with Crippen molar-refractivity contribution in [1.82, 2.24) is 47.7 Å². The second-order valence-corrected chi connectivity index (χ2v) is 13.0. The summed E-state index contributed by atoms with van der Waals surface area (Å²) in [7, 11) is 0. The van der Waals surface area contributed by atoms with Crippen molar-refractivity contribution in [3.63, 3.8) is 0 Å². The van der Waals surface area contributed by atoms with Crippen molar-refractivity contribution in [2.45, 2.75) is 38.6 Å². The zero-order chi connectivity index (χ0) is 33.0. The third-order valence-electron chi connectivity index (χ3n) is 9.70. The van der Waals surface area contributed by atoms with Gasteiger partial charge in [-0.3, -0.25) is 13.2 Å². The zero-order valence-electron chi connectivity index (χ0n) is 27.3. The van der Waals surface area contributed by atoms with E-state index in [-0.39, 0.29) is 0 Å². The highest BCUT2D eigenvalue weighted by Gasteiger charge is 2.14. The fraction of sp³-hybridized carbons (Fsp3) is 0.150. The number of rotatable bonds is 9. The lowest BCUT2D eigenvalue weighted by Gasteiger charge is -2.07. The first-order chi connectivity index (χ1) is 24.7. The Kier molecular flexibility index (Phi) is 6.64. The smallest absolute Gasteiger partial charge is 0.147 e. The number of nitrogens with zero attached hydrogens (tertiary/aromatic N) is 10. The Morgan fingerprint density at radius 1 is 0.440 bits per heavy atom. The normalized spacial score (nSPS) is 12.1. The van der Waals surface area contributed by atoms with E-state index in [1.807, 2.05) is 86.8 Å². The molecule has 0 fully saturated rings. The standard InChI is InChI=1S/C40H32N10/c1-4-10-35-32(7-1)38-44-28(21-48(38)24-41-35)14-13-27-19-31(16-15-29-22-49-25-42-36-11-5-2-8-33(36)39(49)45-29)47(20-27)18-17-30-23-50-26-43-37-12-6-3-9-34(37)40(50)46-30/h1-12,19-26H,13-18H2. The minimum Gasteiger partial charge on any atom is -0.351 e. The van der Waals surface area contributed by atoms with Crippen LogP contribution in [0, 0.1) is 0 Å². The number of hydrogen-bond donors (Lipinski definition) is 0. The second kappa shape index (κ2) is 11.6. The van der Waals surface area contributed by atoms with Crippen molar-refractivity contribution in [1.29, 1.82) is 0 Å². The molecular weight excluding hydrogens is 621 g/mol. The highest BCUT2D eigenvalue weighted by Crippen LogP contribution is 2.22. The molecule has 0 N–H and O–H groups in total. The Morgan fingerprint density at radius 2 is 0.880 bits per heavy atom. The highest BCUT2D eigenvalue weighted by molar-refractivity contribution is 5.92. The number of aryl methyl sites for hydroxylation is 6. The van der Waals surface area contributed by atoms with Crippen LogP contribution in [0.25, 0.3) is 49.7 Å². The molecule has 7 heterocycles. The highest BCUT2D eigenvalue weighted by atomic mass is 15.1. The number of para-hydroxylation sites is 3. The molecule has 0 aliphatic heterocycles. The second-order valence-electron chi connectivity index (χ2n) is 13.0. The van der Waals surface area contributed by atoms with Crippen LogP contribution in [0.1, 0.15) is 28.3 Å². The van der Waals surface area contributed by atoms with Crippen LogP contribution in [-0.2, 0) is 38.6 Å². The van der Waals surface area contributed by atoms with E-state index in [1.54, 1.807) is 0 Å². The first kappa shape index (κ1) is 28.6. The van der Waals surface area contributed by atoms with Gasteiger partial charge in [0.1, 0.15) is 35.9 Å². The van der Waals surface area contributed by atoms with Gasteiger partial charge in [-0.15, -0.1) is 0 Å². The lowest BCUT2D eigenvalue weighted by molar-refractivity contribution is 0.650. The third kappa shape index (κ3) is 5.04. The first-order valence-corrected chi connectivity index (χ1v) is 17.0. The molecule has 10 aromatic rings. The van der Waals surface area contributed by atoms with Gasteiger partial charge in [0.05, 0.1) is 33.6 Å². The average molecular weight is 653 g/mol. The Hall–Kier alpha value is -6.42. The molecule has 10 nitrogen and oxygen atoms in total. The Labute approximate surface area is 286 Å². The molecule has 0 saturated heterocycles. The van der Waals surface area contributed by atoms with Crippen molar-refractivity contribution in [2.24, 2.45) is 0 Å². The Balaban J connectivity index is 0.929. The fourth-order valence-electron chi connectivity index (χ4n) is 7.20. The third-order valence-corrected chi connectivity index (χ3v) is 9.70. The maximum absolute atomic E-state index is 5.03. The summed E-state index contributed by atoms with van der Waals surface area (Å²) in [6.45, 7) is 0.830. The molecule has 7 aromatic heterocycles. The van der Waals surface area contributed by atoms with E-state index >= 15 is 0 Å². The molecule has 0 aliphatic rings. The largest absolute Gasteiger partial charge is 0.351 e. The van der Waals surface area contributed by atoms with Crippen LogP contribution in [0.2, 0.25) is 0 Å². The van der Waals surface area contributed by atoms with Crippen LogP contribution in [0.5, 0.6) is 0 Å². The van der Waals surface area contributed by atoms with Gasteiger partial charge in [0.15, 0.2) is 0 Å². The number of aromatic nitrogens is 10. The van der Waals surface area contributed by atoms with Crippen molar-refractivity contribution < 1.29 is 0 Å². The van der Waals surface area contributed by atoms with Gasteiger partial charge in [0, 0.05) is 59.6 Å². The van der Waals surface area contributed by atoms with E-state index in [9.17, 15) is 0 Å². The molecule has 0 atom stereocenters. The molecule has 242 valence electrons. The van der Waals surface area contributed by atoms with Gasteiger partial charge in [-0.1, -0.05) is 36.4 Å². The van der Waals surface area contributed by atoms with Crippen molar-refractivity contribution >= 4 is 49.7 Å². The Morgan fingerprint density at radius 3 is 1.38 bits per heavy atom. The summed E-state index contributed by atoms with van der Waals surface area (Å²) in [6.07, 6.45) is 18.5. The molecule has 0 unspecified atom stereocenters. The lowest BCUT2D eigenvalue weighted by Crippen LogP contribution is -2.06. The molecule has 10 heteroatoms. The fourth-order valence-corrected chi connectivity index (χ4v) is 7.20. The van der Waals surface area contributed by atoms with Gasteiger partial charge in [0.2, 0.25) is 0 Å². The summed E-state index contributed by atoms with van der Waals surface area (Å²) in [5.41, 5.74) is 11.5. The number of benzene rings is 3. The maximum Gasteiger partial charge on any atom is 0.147 e. The number of imidazole rings is 3.